The van der Waals surface area contributed by atoms with E-state index in [9.17, 15) is 4.79 Å². The van der Waals surface area contributed by atoms with Crippen LogP contribution < -0.4 is 11.3 Å². The molecule has 1 aromatic rings. The number of nitrogens with two attached hydrogens (primary N) is 1. The molecule has 0 bridgehead atoms. The van der Waals surface area contributed by atoms with Gasteiger partial charge >= 0.3 is 0 Å². The van der Waals surface area contributed by atoms with E-state index >= 15 is 0 Å². The standard InChI is InChI=1S/C7H15N.C4H5ClN4O/c1-2-8-6-4-3-5-7-8;1-9-3(10)2(6)7-8-4(9)5/h2-7H2,1H3;1H3,(H2,6,7). The van der Waals surface area contributed by atoms with E-state index in [1.165, 1.54) is 45.9 Å². The fourth-order valence-corrected chi connectivity index (χ4v) is 1.85. The van der Waals surface area contributed by atoms with Crippen molar-refractivity contribution in [2.45, 2.75) is 26.2 Å². The van der Waals surface area contributed by atoms with Gasteiger partial charge in [-0.15, -0.1) is 10.2 Å². The number of aromatic nitrogens is 3. The minimum absolute atomic E-state index is 0.0270. The maximum Gasteiger partial charge on any atom is 0.297 e. The average Bonchev–Trinajstić information content (AvgIpc) is 2.42. The number of hydrogen-bond acceptors (Lipinski definition) is 5. The van der Waals surface area contributed by atoms with Crippen LogP contribution in [-0.4, -0.2) is 39.3 Å². The molecule has 0 unspecified atom stereocenters. The first kappa shape index (κ1) is 14.9. The molecule has 1 aliphatic heterocycles. The predicted octanol–water partition coefficient (Wildman–Crippen LogP) is 0.903. The van der Waals surface area contributed by atoms with Crippen molar-refractivity contribution in [3.8, 4) is 0 Å². The molecule has 0 amide bonds. The molecule has 18 heavy (non-hydrogen) atoms. The average molecular weight is 274 g/mol. The highest BCUT2D eigenvalue weighted by Gasteiger charge is 2.05. The molecule has 0 aliphatic carbocycles. The van der Waals surface area contributed by atoms with Crippen LogP contribution in [0.25, 0.3) is 0 Å². The molecule has 2 rings (SSSR count). The molecule has 0 atom stereocenters. The van der Waals surface area contributed by atoms with E-state index < -0.39 is 5.56 Å². The first-order chi connectivity index (χ1) is 8.56. The van der Waals surface area contributed by atoms with E-state index in [4.69, 9.17) is 17.3 Å². The molecule has 0 aromatic carbocycles. The minimum atomic E-state index is -0.431. The zero-order chi connectivity index (χ0) is 13.5. The lowest BCUT2D eigenvalue weighted by atomic mass is 10.1. The molecule has 0 spiro atoms. The Morgan fingerprint density at radius 1 is 1.28 bits per heavy atom. The molecular formula is C11H20ClN5O. The SMILES string of the molecule is CCN1CCCCC1.Cn1c(Cl)nnc(N)c1=O. The highest BCUT2D eigenvalue weighted by molar-refractivity contribution is 6.28. The van der Waals surface area contributed by atoms with Gasteiger partial charge in [-0.3, -0.25) is 9.36 Å². The van der Waals surface area contributed by atoms with Crippen molar-refractivity contribution >= 4 is 17.4 Å². The van der Waals surface area contributed by atoms with E-state index in [0.717, 1.165) is 4.57 Å². The number of nitrogen functional groups attached to an aromatic ring is 1. The smallest absolute Gasteiger partial charge is 0.297 e. The second kappa shape index (κ2) is 7.33. The fourth-order valence-electron chi connectivity index (χ4n) is 1.74. The van der Waals surface area contributed by atoms with Gasteiger partial charge in [0.05, 0.1) is 0 Å². The van der Waals surface area contributed by atoms with Gasteiger partial charge in [-0.25, -0.2) is 0 Å². The normalized spacial score (nSPS) is 15.9. The third-order valence-electron chi connectivity index (χ3n) is 2.94. The Morgan fingerprint density at radius 3 is 2.33 bits per heavy atom. The van der Waals surface area contributed by atoms with Crippen LogP contribution in [0.1, 0.15) is 26.2 Å². The largest absolute Gasteiger partial charge is 0.378 e. The van der Waals surface area contributed by atoms with Crippen molar-refractivity contribution in [2.75, 3.05) is 25.4 Å². The van der Waals surface area contributed by atoms with Crippen molar-refractivity contribution in [3.63, 3.8) is 0 Å². The van der Waals surface area contributed by atoms with Crippen LogP contribution in [0, 0.1) is 0 Å². The van der Waals surface area contributed by atoms with Crippen molar-refractivity contribution in [3.05, 3.63) is 15.6 Å². The third kappa shape index (κ3) is 4.27. The molecule has 7 heteroatoms. The molecule has 6 nitrogen and oxygen atoms in total. The molecule has 1 aliphatic rings. The predicted molar refractivity (Wildman–Crippen MR) is 72.7 cm³/mol. The van der Waals surface area contributed by atoms with E-state index in [-0.39, 0.29) is 11.1 Å². The summed E-state index contributed by atoms with van der Waals surface area (Å²) in [5.41, 5.74) is 4.69. The summed E-state index contributed by atoms with van der Waals surface area (Å²) in [5.74, 6) is -0.146. The molecule has 1 fully saturated rings. The summed E-state index contributed by atoms with van der Waals surface area (Å²) in [4.78, 5) is 13.4. The Bertz CT molecular complexity index is 428. The van der Waals surface area contributed by atoms with Crippen molar-refractivity contribution in [2.24, 2.45) is 7.05 Å². The Labute approximate surface area is 112 Å². The van der Waals surface area contributed by atoms with Crippen molar-refractivity contribution in [1.29, 1.82) is 0 Å². The maximum atomic E-state index is 10.8. The van der Waals surface area contributed by atoms with E-state index in [0.29, 0.717) is 0 Å². The van der Waals surface area contributed by atoms with Gasteiger partial charge < -0.3 is 10.6 Å². The third-order valence-corrected chi connectivity index (χ3v) is 3.27. The summed E-state index contributed by atoms with van der Waals surface area (Å²) >= 11 is 5.42. The van der Waals surface area contributed by atoms with Crippen molar-refractivity contribution in [1.82, 2.24) is 19.7 Å². The number of likely N-dealkylation sites (tertiary alicyclic amines) is 1. The zero-order valence-electron chi connectivity index (χ0n) is 10.9. The first-order valence-electron chi connectivity index (χ1n) is 6.13. The number of rotatable bonds is 1. The first-order valence-corrected chi connectivity index (χ1v) is 6.51. The van der Waals surface area contributed by atoms with Gasteiger partial charge in [0.15, 0.2) is 0 Å². The maximum absolute atomic E-state index is 10.8. The molecule has 0 saturated carbocycles. The van der Waals surface area contributed by atoms with Crippen LogP contribution in [0.15, 0.2) is 4.79 Å². The molecule has 2 N–H and O–H groups in total. The number of hydrogen-bond donors (Lipinski definition) is 1. The van der Waals surface area contributed by atoms with E-state index in [1.807, 2.05) is 0 Å². The molecule has 0 radical (unpaired) electrons. The van der Waals surface area contributed by atoms with Crippen molar-refractivity contribution < 1.29 is 0 Å². The van der Waals surface area contributed by atoms with E-state index in [2.05, 4.69) is 22.0 Å². The Morgan fingerprint density at radius 2 is 1.89 bits per heavy atom. The van der Waals surface area contributed by atoms with Gasteiger partial charge in [-0.1, -0.05) is 13.3 Å². The highest BCUT2D eigenvalue weighted by atomic mass is 35.5. The van der Waals surface area contributed by atoms with Crippen LogP contribution in [0.4, 0.5) is 5.82 Å². The van der Waals surface area contributed by atoms with Gasteiger partial charge in [0.1, 0.15) is 0 Å². The van der Waals surface area contributed by atoms with Gasteiger partial charge in [0, 0.05) is 7.05 Å². The summed E-state index contributed by atoms with van der Waals surface area (Å²) in [7, 11) is 1.47. The van der Waals surface area contributed by atoms with Gasteiger partial charge in [0.2, 0.25) is 11.1 Å². The second-order valence-corrected chi connectivity index (χ2v) is 4.55. The summed E-state index contributed by atoms with van der Waals surface area (Å²) in [6.07, 6.45) is 4.30. The highest BCUT2D eigenvalue weighted by Crippen LogP contribution is 2.06. The number of piperidine rings is 1. The number of anilines is 1. The monoisotopic (exact) mass is 273 g/mol. The summed E-state index contributed by atoms with van der Waals surface area (Å²) in [6.45, 7) is 6.18. The Balaban J connectivity index is 0.000000184. The molecule has 1 aromatic heterocycles. The number of halogens is 1. The lowest BCUT2D eigenvalue weighted by Gasteiger charge is -2.24. The van der Waals surface area contributed by atoms with Crippen LogP contribution in [0.5, 0.6) is 0 Å². The molecule has 2 heterocycles. The minimum Gasteiger partial charge on any atom is -0.378 e. The van der Waals surface area contributed by atoms with Gasteiger partial charge in [-0.2, -0.15) is 0 Å². The fraction of sp³-hybridized carbons (Fsp3) is 0.727. The topological polar surface area (TPSA) is 77.0 Å². The number of nitrogens with zero attached hydrogens (tertiary/aromatic N) is 4. The Hall–Kier alpha value is -1.14. The summed E-state index contributed by atoms with van der Waals surface area (Å²) in [6, 6.07) is 0. The zero-order valence-corrected chi connectivity index (χ0v) is 11.7. The van der Waals surface area contributed by atoms with E-state index in [1.54, 1.807) is 0 Å². The lowest BCUT2D eigenvalue weighted by Crippen LogP contribution is -2.29. The van der Waals surface area contributed by atoms with Crippen LogP contribution in [-0.2, 0) is 7.05 Å². The molecule has 102 valence electrons. The molecule has 1 saturated heterocycles. The second-order valence-electron chi connectivity index (χ2n) is 4.21. The quantitative estimate of drug-likeness (QED) is 0.823. The molecular weight excluding hydrogens is 254 g/mol. The van der Waals surface area contributed by atoms with Crippen LogP contribution >= 0.6 is 11.6 Å². The van der Waals surface area contributed by atoms with Gasteiger partial charge in [0.25, 0.3) is 5.56 Å². The van der Waals surface area contributed by atoms with Gasteiger partial charge in [-0.05, 0) is 44.1 Å². The Kier molecular flexibility index (Phi) is 6.07. The lowest BCUT2D eigenvalue weighted by molar-refractivity contribution is 0.240. The van der Waals surface area contributed by atoms with Crippen LogP contribution in [0.3, 0.4) is 0 Å². The summed E-state index contributed by atoms with van der Waals surface area (Å²) < 4.78 is 1.11. The summed E-state index contributed by atoms with van der Waals surface area (Å²) in [5, 5.41) is 6.72. The van der Waals surface area contributed by atoms with Crippen LogP contribution in [0.2, 0.25) is 5.28 Å².